The van der Waals surface area contributed by atoms with E-state index < -0.39 is 0 Å². The molecule has 4 nitrogen and oxygen atoms in total. The van der Waals surface area contributed by atoms with Gasteiger partial charge >= 0.3 is 0 Å². The maximum absolute atomic E-state index is 12.3. The van der Waals surface area contributed by atoms with Gasteiger partial charge in [-0.1, -0.05) is 47.9 Å². The van der Waals surface area contributed by atoms with Gasteiger partial charge in [-0.3, -0.25) is 4.79 Å². The number of benzene rings is 2. The standard InChI is InChI=1S/C24H19N3O/c1-18-2-4-20(5-3-18)16-23(28)17-21-8-6-19(7-9-21)10-11-22-12-13-24-25-14-15-27(24)26-22/h2-9,12-15H,16-17H2,1H3. The molecule has 28 heavy (non-hydrogen) atoms. The zero-order valence-corrected chi connectivity index (χ0v) is 15.6. The van der Waals surface area contributed by atoms with Crippen LogP contribution in [-0.4, -0.2) is 20.4 Å². The Morgan fingerprint density at radius 3 is 2.29 bits per heavy atom. The molecule has 2 aromatic heterocycles. The minimum absolute atomic E-state index is 0.209. The van der Waals surface area contributed by atoms with E-state index in [1.165, 1.54) is 5.56 Å². The van der Waals surface area contributed by atoms with Crippen LogP contribution >= 0.6 is 0 Å². The van der Waals surface area contributed by atoms with Gasteiger partial charge in [-0.15, -0.1) is 0 Å². The van der Waals surface area contributed by atoms with Gasteiger partial charge in [0.05, 0.1) is 0 Å². The number of ketones is 1. The minimum Gasteiger partial charge on any atom is -0.299 e. The molecule has 0 saturated carbocycles. The summed E-state index contributed by atoms with van der Waals surface area (Å²) in [6, 6.07) is 19.7. The molecule has 136 valence electrons. The van der Waals surface area contributed by atoms with Crippen molar-refractivity contribution in [3.8, 4) is 11.8 Å². The molecule has 0 fully saturated rings. The number of fused-ring (bicyclic) bond motifs is 1. The largest absolute Gasteiger partial charge is 0.299 e. The molecule has 2 heterocycles. The van der Waals surface area contributed by atoms with Gasteiger partial charge < -0.3 is 0 Å². The van der Waals surface area contributed by atoms with E-state index in [0.29, 0.717) is 18.5 Å². The summed E-state index contributed by atoms with van der Waals surface area (Å²) in [4.78, 5) is 16.5. The summed E-state index contributed by atoms with van der Waals surface area (Å²) < 4.78 is 1.70. The van der Waals surface area contributed by atoms with Gasteiger partial charge in [0.1, 0.15) is 11.5 Å². The molecule has 4 aromatic rings. The van der Waals surface area contributed by atoms with E-state index in [9.17, 15) is 4.79 Å². The molecule has 0 amide bonds. The lowest BCUT2D eigenvalue weighted by atomic mass is 10.0. The van der Waals surface area contributed by atoms with E-state index >= 15 is 0 Å². The molecule has 0 atom stereocenters. The highest BCUT2D eigenvalue weighted by Gasteiger charge is 2.05. The second-order valence-corrected chi connectivity index (χ2v) is 6.77. The third kappa shape index (κ3) is 4.33. The van der Waals surface area contributed by atoms with Crippen LogP contribution in [0.1, 0.15) is 27.9 Å². The summed E-state index contributed by atoms with van der Waals surface area (Å²) in [5.41, 5.74) is 5.63. The molecule has 0 aliphatic carbocycles. The Kier molecular flexibility index (Phi) is 4.99. The van der Waals surface area contributed by atoms with E-state index in [0.717, 1.165) is 22.3 Å². The monoisotopic (exact) mass is 365 g/mol. The Balaban J connectivity index is 1.39. The Hall–Kier alpha value is -3.71. The first-order valence-corrected chi connectivity index (χ1v) is 9.14. The van der Waals surface area contributed by atoms with Crippen LogP contribution in [0.5, 0.6) is 0 Å². The van der Waals surface area contributed by atoms with Crippen molar-refractivity contribution in [2.24, 2.45) is 0 Å². The number of aryl methyl sites for hydroxylation is 1. The third-order valence-electron chi connectivity index (χ3n) is 4.47. The number of nitrogens with zero attached hydrogens (tertiary/aromatic N) is 3. The smallest absolute Gasteiger partial charge is 0.153 e. The maximum atomic E-state index is 12.3. The lowest BCUT2D eigenvalue weighted by Gasteiger charge is -2.03. The normalized spacial score (nSPS) is 10.5. The molecule has 0 radical (unpaired) electrons. The predicted molar refractivity (Wildman–Crippen MR) is 109 cm³/mol. The van der Waals surface area contributed by atoms with Crippen molar-refractivity contribution in [1.29, 1.82) is 0 Å². The Morgan fingerprint density at radius 2 is 1.57 bits per heavy atom. The van der Waals surface area contributed by atoms with Crippen LogP contribution < -0.4 is 0 Å². The van der Waals surface area contributed by atoms with Crippen LogP contribution in [0.4, 0.5) is 0 Å². The molecule has 2 aromatic carbocycles. The number of imidazole rings is 1. The van der Waals surface area contributed by atoms with Crippen LogP contribution in [0.2, 0.25) is 0 Å². The van der Waals surface area contributed by atoms with Crippen molar-refractivity contribution in [1.82, 2.24) is 14.6 Å². The van der Waals surface area contributed by atoms with Crippen molar-refractivity contribution in [2.45, 2.75) is 19.8 Å². The van der Waals surface area contributed by atoms with Crippen LogP contribution in [-0.2, 0) is 17.6 Å². The third-order valence-corrected chi connectivity index (χ3v) is 4.47. The zero-order valence-electron chi connectivity index (χ0n) is 15.6. The first kappa shape index (κ1) is 17.7. The molecular weight excluding hydrogens is 346 g/mol. The van der Waals surface area contributed by atoms with Gasteiger partial charge in [-0.25, -0.2) is 9.50 Å². The SMILES string of the molecule is Cc1ccc(CC(=O)Cc2ccc(C#Cc3ccc4nccn4n3)cc2)cc1. The molecule has 0 N–H and O–H groups in total. The molecule has 0 bridgehead atoms. The molecule has 4 rings (SSSR count). The van der Waals surface area contributed by atoms with Gasteiger partial charge in [-0.2, -0.15) is 5.10 Å². The highest BCUT2D eigenvalue weighted by atomic mass is 16.1. The quantitative estimate of drug-likeness (QED) is 0.517. The highest BCUT2D eigenvalue weighted by Crippen LogP contribution is 2.09. The van der Waals surface area contributed by atoms with Gasteiger partial charge in [0, 0.05) is 30.8 Å². The Bertz CT molecular complexity index is 1180. The number of carbonyl (C=O) groups is 1. The van der Waals surface area contributed by atoms with Crippen LogP contribution in [0.25, 0.3) is 5.65 Å². The lowest BCUT2D eigenvalue weighted by Crippen LogP contribution is -2.06. The van der Waals surface area contributed by atoms with Crippen molar-refractivity contribution in [3.05, 3.63) is 101 Å². The van der Waals surface area contributed by atoms with E-state index in [2.05, 4.69) is 21.9 Å². The fourth-order valence-electron chi connectivity index (χ4n) is 2.95. The second-order valence-electron chi connectivity index (χ2n) is 6.77. The van der Waals surface area contributed by atoms with E-state index in [4.69, 9.17) is 0 Å². The van der Waals surface area contributed by atoms with Gasteiger partial charge in [0.15, 0.2) is 5.65 Å². The topological polar surface area (TPSA) is 47.3 Å². The number of hydrogen-bond acceptors (Lipinski definition) is 3. The van der Waals surface area contributed by atoms with Crippen molar-refractivity contribution >= 4 is 11.4 Å². The average molecular weight is 365 g/mol. The highest BCUT2D eigenvalue weighted by molar-refractivity contribution is 5.83. The summed E-state index contributed by atoms with van der Waals surface area (Å²) >= 11 is 0. The lowest BCUT2D eigenvalue weighted by molar-refractivity contribution is -0.117. The number of carbonyl (C=O) groups excluding carboxylic acids is 1. The summed E-state index contributed by atoms with van der Waals surface area (Å²) in [5, 5.41) is 4.39. The average Bonchev–Trinajstić information content (AvgIpc) is 3.17. The number of hydrogen-bond donors (Lipinski definition) is 0. The van der Waals surface area contributed by atoms with Crippen LogP contribution in [0.3, 0.4) is 0 Å². The van der Waals surface area contributed by atoms with E-state index in [1.807, 2.05) is 67.6 Å². The predicted octanol–water partition coefficient (Wildman–Crippen LogP) is 3.79. The summed E-state index contributed by atoms with van der Waals surface area (Å²) in [6.07, 6.45) is 4.39. The summed E-state index contributed by atoms with van der Waals surface area (Å²) in [5.74, 6) is 6.38. The van der Waals surface area contributed by atoms with Crippen LogP contribution in [0, 0.1) is 18.8 Å². The van der Waals surface area contributed by atoms with Crippen LogP contribution in [0.15, 0.2) is 73.1 Å². The zero-order chi connectivity index (χ0) is 19.3. The van der Waals surface area contributed by atoms with Crippen molar-refractivity contribution in [2.75, 3.05) is 0 Å². The summed E-state index contributed by atoms with van der Waals surface area (Å²) in [6.45, 7) is 2.04. The minimum atomic E-state index is 0.209. The number of Topliss-reactive ketones (excluding diaryl/α,β-unsaturated/α-hetero) is 1. The first-order valence-electron chi connectivity index (χ1n) is 9.14. The fraction of sp³-hybridized carbons (Fsp3) is 0.125. The fourth-order valence-corrected chi connectivity index (χ4v) is 2.95. The molecule has 0 saturated heterocycles. The van der Waals surface area contributed by atoms with Crippen molar-refractivity contribution in [3.63, 3.8) is 0 Å². The molecule has 0 aliphatic heterocycles. The number of aromatic nitrogens is 3. The van der Waals surface area contributed by atoms with Crippen molar-refractivity contribution < 1.29 is 4.79 Å². The molecule has 0 unspecified atom stereocenters. The summed E-state index contributed by atoms with van der Waals surface area (Å²) in [7, 11) is 0. The van der Waals surface area contributed by atoms with E-state index in [1.54, 1.807) is 16.9 Å². The van der Waals surface area contributed by atoms with Gasteiger partial charge in [0.2, 0.25) is 0 Å². The van der Waals surface area contributed by atoms with E-state index in [-0.39, 0.29) is 5.78 Å². The number of rotatable bonds is 4. The molecular formula is C24H19N3O. The molecule has 0 aliphatic rings. The second kappa shape index (κ2) is 7.89. The first-order chi connectivity index (χ1) is 13.7. The Labute approximate surface area is 163 Å². The van der Waals surface area contributed by atoms with Gasteiger partial charge in [0.25, 0.3) is 0 Å². The van der Waals surface area contributed by atoms with Gasteiger partial charge in [-0.05, 0) is 48.2 Å². The maximum Gasteiger partial charge on any atom is 0.153 e. The molecule has 4 heteroatoms. The Morgan fingerprint density at radius 1 is 0.893 bits per heavy atom. The molecule has 0 spiro atoms.